The van der Waals surface area contributed by atoms with Crippen molar-refractivity contribution in [1.82, 2.24) is 0 Å². The molecule has 1 aromatic carbocycles. The number of nitrogens with zero attached hydrogens (tertiary/aromatic N) is 2. The van der Waals surface area contributed by atoms with Crippen LogP contribution in [0.15, 0.2) is 23.4 Å². The van der Waals surface area contributed by atoms with Crippen molar-refractivity contribution in [2.24, 2.45) is 5.22 Å². The highest BCUT2D eigenvalue weighted by Crippen LogP contribution is 2.28. The molecule has 0 aliphatic heterocycles. The lowest BCUT2D eigenvalue weighted by Crippen LogP contribution is -2.14. The second-order valence-corrected chi connectivity index (χ2v) is 3.12. The minimum Gasteiger partial charge on any atom is -0.489 e. The minimum atomic E-state index is -0.0874. The molecule has 0 aliphatic rings. The predicted molar refractivity (Wildman–Crippen MR) is 60.2 cm³/mol. The molecular weight excluding hydrogens is 208 g/mol. The van der Waals surface area contributed by atoms with Crippen molar-refractivity contribution in [1.29, 1.82) is 10.9 Å². The number of hydrogen-bond acceptors (Lipinski definition) is 5. The molecule has 0 saturated heterocycles. The van der Waals surface area contributed by atoms with Gasteiger partial charge in [-0.05, 0) is 24.6 Å². The summed E-state index contributed by atoms with van der Waals surface area (Å²) in [5.74, 6) is 0.485. The number of hydrogen-bond donors (Lipinski definition) is 3. The highest BCUT2D eigenvalue weighted by Gasteiger charge is 2.10. The van der Waals surface area contributed by atoms with Crippen molar-refractivity contribution in [2.75, 3.05) is 18.2 Å². The molecule has 0 saturated carbocycles. The van der Waals surface area contributed by atoms with E-state index in [1.807, 2.05) is 13.0 Å². The molecule has 0 atom stereocenters. The maximum atomic E-state index is 8.68. The van der Waals surface area contributed by atoms with Crippen LogP contribution in [0.2, 0.25) is 0 Å². The average Bonchev–Trinajstić information content (AvgIpc) is 2.30. The molecule has 3 N–H and O–H groups in total. The molecule has 6 heteroatoms. The van der Waals surface area contributed by atoms with Gasteiger partial charge >= 0.3 is 0 Å². The first kappa shape index (κ1) is 12.1. The van der Waals surface area contributed by atoms with E-state index in [0.29, 0.717) is 11.4 Å². The molecule has 0 fully saturated rings. The molecule has 0 aromatic heterocycles. The SMILES string of the molecule is Cc1ccc(OCCO)c(N(C=N)N=N)c1. The third-order valence-electron chi connectivity index (χ3n) is 1.94. The van der Waals surface area contributed by atoms with Gasteiger partial charge in [0.25, 0.3) is 0 Å². The van der Waals surface area contributed by atoms with Crippen LogP contribution in [0.5, 0.6) is 5.75 Å². The van der Waals surface area contributed by atoms with E-state index in [1.165, 1.54) is 0 Å². The molecule has 6 nitrogen and oxygen atoms in total. The monoisotopic (exact) mass is 222 g/mol. The first-order valence-corrected chi connectivity index (χ1v) is 4.74. The Morgan fingerprint density at radius 2 is 2.31 bits per heavy atom. The summed E-state index contributed by atoms with van der Waals surface area (Å²) in [7, 11) is 0. The molecule has 1 aromatic rings. The lowest BCUT2D eigenvalue weighted by Gasteiger charge is -2.16. The van der Waals surface area contributed by atoms with E-state index < -0.39 is 0 Å². The van der Waals surface area contributed by atoms with E-state index in [0.717, 1.165) is 16.9 Å². The fourth-order valence-corrected chi connectivity index (χ4v) is 1.24. The summed E-state index contributed by atoms with van der Waals surface area (Å²) in [6, 6.07) is 5.33. The Bertz CT molecular complexity index is 373. The number of ether oxygens (including phenoxy) is 1. The Balaban J connectivity index is 3.06. The predicted octanol–water partition coefficient (Wildman–Crippen LogP) is 1.73. The Kier molecular flexibility index (Phi) is 4.41. The fourth-order valence-electron chi connectivity index (χ4n) is 1.24. The molecule has 1 rings (SSSR count). The largest absolute Gasteiger partial charge is 0.489 e. The summed E-state index contributed by atoms with van der Waals surface area (Å²) < 4.78 is 5.29. The normalized spacial score (nSPS) is 9.62. The molecule has 16 heavy (non-hydrogen) atoms. The Morgan fingerprint density at radius 3 is 2.88 bits per heavy atom. The summed E-state index contributed by atoms with van der Waals surface area (Å²) in [5.41, 5.74) is 8.42. The zero-order valence-corrected chi connectivity index (χ0v) is 8.97. The van der Waals surface area contributed by atoms with Gasteiger partial charge in [0.2, 0.25) is 0 Å². The zero-order chi connectivity index (χ0) is 12.0. The number of benzene rings is 1. The lowest BCUT2D eigenvalue weighted by molar-refractivity contribution is 0.202. The number of nitrogens with one attached hydrogen (secondary N) is 2. The van der Waals surface area contributed by atoms with Crippen LogP contribution in [0.25, 0.3) is 0 Å². The van der Waals surface area contributed by atoms with Crippen molar-refractivity contribution in [3.63, 3.8) is 0 Å². The van der Waals surface area contributed by atoms with Gasteiger partial charge in [-0.1, -0.05) is 11.3 Å². The van der Waals surface area contributed by atoms with Crippen LogP contribution < -0.4 is 9.75 Å². The van der Waals surface area contributed by atoms with Gasteiger partial charge in [-0.15, -0.1) is 0 Å². The Labute approximate surface area is 93.5 Å². The number of aliphatic hydroxyl groups is 1. The van der Waals surface area contributed by atoms with E-state index in [1.54, 1.807) is 12.1 Å². The van der Waals surface area contributed by atoms with Crippen LogP contribution >= 0.6 is 0 Å². The standard InChI is InChI=1S/C10H14N4O2/c1-8-2-3-10(16-5-4-15)9(6-8)14(7-11)13-12/h2-3,6-7,11-12,15H,4-5H2,1H3. The van der Waals surface area contributed by atoms with Gasteiger partial charge in [-0.3, -0.25) is 5.41 Å². The molecule has 86 valence electrons. The zero-order valence-electron chi connectivity index (χ0n) is 8.97. The van der Waals surface area contributed by atoms with Crippen LogP contribution in [0.3, 0.4) is 0 Å². The van der Waals surface area contributed by atoms with Crippen LogP contribution in [-0.2, 0) is 0 Å². The fraction of sp³-hybridized carbons (Fsp3) is 0.300. The van der Waals surface area contributed by atoms with Gasteiger partial charge in [0.05, 0.1) is 6.61 Å². The molecule has 0 unspecified atom stereocenters. The number of rotatable bonds is 6. The second kappa shape index (κ2) is 5.82. The molecule has 0 radical (unpaired) electrons. The van der Waals surface area contributed by atoms with E-state index in [2.05, 4.69) is 5.22 Å². The van der Waals surface area contributed by atoms with Crippen molar-refractivity contribution in [3.05, 3.63) is 23.8 Å². The first-order chi connectivity index (χ1) is 7.72. The number of anilines is 1. The van der Waals surface area contributed by atoms with Crippen molar-refractivity contribution in [3.8, 4) is 5.75 Å². The molecule has 0 heterocycles. The summed E-state index contributed by atoms with van der Waals surface area (Å²) >= 11 is 0. The first-order valence-electron chi connectivity index (χ1n) is 4.74. The summed E-state index contributed by atoms with van der Waals surface area (Å²) in [6.45, 7) is 1.97. The average molecular weight is 222 g/mol. The van der Waals surface area contributed by atoms with Gasteiger partial charge in [0.15, 0.2) is 0 Å². The summed E-state index contributed by atoms with van der Waals surface area (Å²) in [5, 5.41) is 20.1. The highest BCUT2D eigenvalue weighted by atomic mass is 16.5. The van der Waals surface area contributed by atoms with Gasteiger partial charge in [0, 0.05) is 0 Å². The maximum Gasteiger partial charge on any atom is 0.145 e. The third-order valence-corrected chi connectivity index (χ3v) is 1.94. The Morgan fingerprint density at radius 1 is 1.56 bits per heavy atom. The molecule has 0 aliphatic carbocycles. The van der Waals surface area contributed by atoms with Crippen molar-refractivity contribution in [2.45, 2.75) is 6.92 Å². The number of aliphatic hydroxyl groups excluding tert-OH is 1. The second-order valence-electron chi connectivity index (χ2n) is 3.12. The third kappa shape index (κ3) is 2.77. The van der Waals surface area contributed by atoms with Crippen molar-refractivity contribution >= 4 is 12.0 Å². The van der Waals surface area contributed by atoms with E-state index in [-0.39, 0.29) is 13.2 Å². The molecule has 0 spiro atoms. The van der Waals surface area contributed by atoms with Gasteiger partial charge < -0.3 is 9.84 Å². The van der Waals surface area contributed by atoms with E-state index in [4.69, 9.17) is 20.8 Å². The number of aryl methyl sites for hydroxylation is 1. The van der Waals surface area contributed by atoms with Crippen LogP contribution in [0.4, 0.5) is 5.69 Å². The summed E-state index contributed by atoms with van der Waals surface area (Å²) in [4.78, 5) is 0. The summed E-state index contributed by atoms with van der Waals surface area (Å²) in [6.07, 6.45) is 0.924. The van der Waals surface area contributed by atoms with E-state index >= 15 is 0 Å². The lowest BCUT2D eigenvalue weighted by atomic mass is 10.2. The minimum absolute atomic E-state index is 0.0874. The molecule has 0 bridgehead atoms. The quantitative estimate of drug-likeness (QED) is 0.296. The van der Waals surface area contributed by atoms with Gasteiger partial charge in [0.1, 0.15) is 24.4 Å². The van der Waals surface area contributed by atoms with E-state index in [9.17, 15) is 0 Å². The van der Waals surface area contributed by atoms with Crippen LogP contribution in [-0.4, -0.2) is 24.7 Å². The topological polar surface area (TPSA) is 92.8 Å². The van der Waals surface area contributed by atoms with Gasteiger partial charge in [-0.2, -0.15) is 5.53 Å². The molecular formula is C10H14N4O2. The van der Waals surface area contributed by atoms with Crippen molar-refractivity contribution < 1.29 is 9.84 Å². The van der Waals surface area contributed by atoms with Crippen LogP contribution in [0, 0.1) is 17.9 Å². The highest BCUT2D eigenvalue weighted by molar-refractivity contribution is 5.79. The Hall–Kier alpha value is -1.95. The smallest absolute Gasteiger partial charge is 0.145 e. The van der Waals surface area contributed by atoms with Crippen LogP contribution in [0.1, 0.15) is 5.56 Å². The maximum absolute atomic E-state index is 8.68. The molecule has 0 amide bonds. The van der Waals surface area contributed by atoms with Gasteiger partial charge in [-0.25, -0.2) is 5.01 Å².